The normalized spacial score (nSPS) is 28.8. The van der Waals surface area contributed by atoms with Crippen LogP contribution < -0.4 is 21.3 Å². The number of amides is 6. The second-order valence-corrected chi connectivity index (χ2v) is 14.0. The number of nitrogens with one attached hydrogen (secondary N) is 4. The summed E-state index contributed by atoms with van der Waals surface area (Å²) >= 11 is 3.75. The third-order valence-electron chi connectivity index (χ3n) is 8.25. The van der Waals surface area contributed by atoms with Crippen LogP contribution in [0.4, 0.5) is 9.59 Å². The molecule has 5 N–H and O–H groups in total. The summed E-state index contributed by atoms with van der Waals surface area (Å²) in [7, 11) is 0. The predicted molar refractivity (Wildman–Crippen MR) is 161 cm³/mol. The summed E-state index contributed by atoms with van der Waals surface area (Å²) in [6.07, 6.45) is 8.57. The number of urea groups is 2. The first-order chi connectivity index (χ1) is 20.7. The molecule has 0 aromatic rings. The van der Waals surface area contributed by atoms with Crippen molar-refractivity contribution < 1.29 is 38.7 Å². The molecule has 15 heteroatoms. The maximum absolute atomic E-state index is 11.7. The van der Waals surface area contributed by atoms with E-state index in [1.54, 1.807) is 0 Å². The molecule has 13 nitrogen and oxygen atoms in total. The number of aliphatic hydroxyl groups excluding tert-OH is 1. The summed E-state index contributed by atoms with van der Waals surface area (Å²) < 4.78 is 0. The number of hydrogen-bond acceptors (Lipinski definition) is 10. The third-order valence-corrected chi connectivity index (χ3v) is 11.3. The minimum absolute atomic E-state index is 0.0376. The zero-order chi connectivity index (χ0) is 30.8. The second kappa shape index (κ2) is 16.5. The van der Waals surface area contributed by atoms with Gasteiger partial charge in [0.15, 0.2) is 0 Å². The SMILES string of the molecule is O=C(CCCCO)CCCCC1SC[C@@H]2NC(=O)N[C@H]12.O=C1N[C@H]2CSC(CCCCC(=O)ON3C(=O)CCC3=O)[C@H]2N1. The fraction of sp³-hybridized carbons (Fsp3) is 0.786. The number of rotatable bonds is 15. The smallest absolute Gasteiger partial charge is 0.333 e. The van der Waals surface area contributed by atoms with E-state index in [0.717, 1.165) is 56.5 Å². The van der Waals surface area contributed by atoms with Crippen LogP contribution in [0.25, 0.3) is 0 Å². The Morgan fingerprint density at radius 1 is 0.721 bits per heavy atom. The van der Waals surface area contributed by atoms with Crippen LogP contribution >= 0.6 is 23.5 Å². The second-order valence-electron chi connectivity index (χ2n) is 11.5. The highest BCUT2D eigenvalue weighted by molar-refractivity contribution is 8.00. The van der Waals surface area contributed by atoms with Crippen LogP contribution in [-0.2, 0) is 24.0 Å². The van der Waals surface area contributed by atoms with Crippen LogP contribution in [0.3, 0.4) is 0 Å². The molecule has 5 saturated heterocycles. The molecule has 240 valence electrons. The monoisotopic (exact) mass is 641 g/mol. The maximum atomic E-state index is 11.7. The van der Waals surface area contributed by atoms with Gasteiger partial charge in [0.1, 0.15) is 5.78 Å². The number of nitrogens with zero attached hydrogens (tertiary/aromatic N) is 1. The number of Topliss-reactive ketones (excluding diaryl/α,β-unsaturated/α-hetero) is 1. The zero-order valence-electron chi connectivity index (χ0n) is 24.3. The molecule has 43 heavy (non-hydrogen) atoms. The molecule has 6 atom stereocenters. The molecule has 6 amide bonds. The molecule has 0 bridgehead atoms. The number of ketones is 1. The largest absolute Gasteiger partial charge is 0.396 e. The van der Waals surface area contributed by atoms with E-state index in [1.165, 1.54) is 0 Å². The lowest BCUT2D eigenvalue weighted by Gasteiger charge is -2.16. The summed E-state index contributed by atoms with van der Waals surface area (Å²) in [5.41, 5.74) is 0. The molecule has 0 radical (unpaired) electrons. The first kappa shape index (κ1) is 33.4. The Balaban J connectivity index is 0.000000199. The fourth-order valence-electron chi connectivity index (χ4n) is 5.93. The lowest BCUT2D eigenvalue weighted by molar-refractivity contribution is -0.197. The van der Waals surface area contributed by atoms with Crippen molar-refractivity contribution in [1.29, 1.82) is 0 Å². The fourth-order valence-corrected chi connectivity index (χ4v) is 9.02. The van der Waals surface area contributed by atoms with Crippen molar-refractivity contribution >= 4 is 59.2 Å². The van der Waals surface area contributed by atoms with Crippen molar-refractivity contribution in [2.75, 3.05) is 18.1 Å². The van der Waals surface area contributed by atoms with Gasteiger partial charge in [-0.3, -0.25) is 14.4 Å². The molecule has 0 aromatic heterocycles. The Hall–Kier alpha value is -2.52. The number of unbranched alkanes of at least 4 members (excludes halogenated alkanes) is 3. The molecule has 5 rings (SSSR count). The lowest BCUT2D eigenvalue weighted by atomic mass is 10.0. The van der Waals surface area contributed by atoms with E-state index in [4.69, 9.17) is 9.94 Å². The summed E-state index contributed by atoms with van der Waals surface area (Å²) in [5, 5.41) is 21.8. The Morgan fingerprint density at radius 3 is 1.72 bits per heavy atom. The van der Waals surface area contributed by atoms with Crippen LogP contribution in [0.1, 0.15) is 83.5 Å². The molecule has 5 aliphatic rings. The molecule has 2 unspecified atom stereocenters. The maximum Gasteiger partial charge on any atom is 0.333 e. The molecule has 0 saturated carbocycles. The van der Waals surface area contributed by atoms with E-state index in [9.17, 15) is 28.8 Å². The quantitative estimate of drug-likeness (QED) is 0.100. The number of hydrogen-bond donors (Lipinski definition) is 5. The number of fused-ring (bicyclic) bond motifs is 2. The molecule has 0 aromatic carbocycles. The number of hydroxylamine groups is 2. The Kier molecular flexibility index (Phi) is 12.8. The van der Waals surface area contributed by atoms with E-state index >= 15 is 0 Å². The van der Waals surface area contributed by atoms with E-state index in [1.807, 2.05) is 23.5 Å². The Labute approximate surface area is 260 Å². The minimum Gasteiger partial charge on any atom is -0.396 e. The molecule has 5 aliphatic heterocycles. The van der Waals surface area contributed by atoms with E-state index < -0.39 is 17.8 Å². The first-order valence-electron chi connectivity index (χ1n) is 15.3. The van der Waals surface area contributed by atoms with Gasteiger partial charge in [-0.05, 0) is 38.5 Å². The van der Waals surface area contributed by atoms with Crippen molar-refractivity contribution in [3.63, 3.8) is 0 Å². The average Bonchev–Trinajstić information content (AvgIpc) is 3.77. The third kappa shape index (κ3) is 9.73. The van der Waals surface area contributed by atoms with Crippen LogP contribution in [0.5, 0.6) is 0 Å². The first-order valence-corrected chi connectivity index (χ1v) is 17.4. The van der Waals surface area contributed by atoms with Crippen LogP contribution in [-0.4, -0.2) is 98.6 Å². The van der Waals surface area contributed by atoms with E-state index in [2.05, 4.69) is 21.3 Å². The summed E-state index contributed by atoms with van der Waals surface area (Å²) in [6.45, 7) is 0.175. The highest BCUT2D eigenvalue weighted by Gasteiger charge is 2.43. The number of imide groups is 1. The van der Waals surface area contributed by atoms with Crippen molar-refractivity contribution in [3.05, 3.63) is 0 Å². The van der Waals surface area contributed by atoms with Gasteiger partial charge in [-0.15, -0.1) is 5.06 Å². The molecule has 0 aliphatic carbocycles. The minimum atomic E-state index is -0.554. The summed E-state index contributed by atoms with van der Waals surface area (Å²) in [4.78, 5) is 73.3. The van der Waals surface area contributed by atoms with Gasteiger partial charge in [0.2, 0.25) is 0 Å². The van der Waals surface area contributed by atoms with Gasteiger partial charge in [-0.25, -0.2) is 14.4 Å². The average molecular weight is 642 g/mol. The number of aliphatic hydroxyl groups is 1. The van der Waals surface area contributed by atoms with Gasteiger partial charge in [-0.2, -0.15) is 23.5 Å². The summed E-state index contributed by atoms with van der Waals surface area (Å²) in [5.74, 6) is 0.749. The lowest BCUT2D eigenvalue weighted by Crippen LogP contribution is -2.36. The highest BCUT2D eigenvalue weighted by Crippen LogP contribution is 2.34. The van der Waals surface area contributed by atoms with Gasteiger partial charge in [0, 0.05) is 60.7 Å². The topological polar surface area (TPSA) is 183 Å². The Bertz CT molecular complexity index is 1030. The molecule has 5 heterocycles. The number of carbonyl (C=O) groups is 6. The Morgan fingerprint density at radius 2 is 1.21 bits per heavy atom. The van der Waals surface area contributed by atoms with Crippen molar-refractivity contribution in [2.45, 2.75) is 118 Å². The number of carbonyl (C=O) groups excluding carboxylic acids is 6. The highest BCUT2D eigenvalue weighted by atomic mass is 32.2. The number of thioether (sulfide) groups is 2. The van der Waals surface area contributed by atoms with Gasteiger partial charge >= 0.3 is 18.0 Å². The van der Waals surface area contributed by atoms with Gasteiger partial charge in [0.05, 0.1) is 24.2 Å². The zero-order valence-corrected chi connectivity index (χ0v) is 26.0. The van der Waals surface area contributed by atoms with Gasteiger partial charge < -0.3 is 31.2 Å². The van der Waals surface area contributed by atoms with Crippen LogP contribution in [0, 0.1) is 0 Å². The predicted octanol–water partition coefficient (Wildman–Crippen LogP) is 1.76. The summed E-state index contributed by atoms with van der Waals surface area (Å²) in [6, 6.07) is 0.789. The van der Waals surface area contributed by atoms with E-state index in [0.29, 0.717) is 40.6 Å². The van der Waals surface area contributed by atoms with Gasteiger partial charge in [-0.1, -0.05) is 12.8 Å². The van der Waals surface area contributed by atoms with Crippen molar-refractivity contribution in [3.8, 4) is 0 Å². The molecule has 0 spiro atoms. The van der Waals surface area contributed by atoms with Crippen molar-refractivity contribution in [1.82, 2.24) is 26.3 Å². The molecular formula is C28H43N5O8S2. The molecule has 5 fully saturated rings. The van der Waals surface area contributed by atoms with Crippen LogP contribution in [0.2, 0.25) is 0 Å². The van der Waals surface area contributed by atoms with Gasteiger partial charge in [0.25, 0.3) is 11.8 Å². The standard InChI is InChI=1S/C14H19N3O5S.C14H24N2O3S/c18-10-5-6-11(19)17(10)22-12(20)4-2-1-3-9-13-8(7-23-9)15-14(21)16-13;17-8-4-3-6-10(18)5-1-2-7-12-13-11(9-20-12)15-14(19)16-13/h8-9,13H,1-7H2,(H2,15,16,21);11-13,17H,1-9H2,(H2,15,16,19)/t8-,9?,13-;11-,12?,13-/m00/s1. The van der Waals surface area contributed by atoms with Crippen LogP contribution in [0.15, 0.2) is 0 Å². The van der Waals surface area contributed by atoms with Crippen molar-refractivity contribution in [2.24, 2.45) is 0 Å². The van der Waals surface area contributed by atoms with E-state index in [-0.39, 0.29) is 62.1 Å². The molecular weight excluding hydrogens is 598 g/mol.